The molecule has 1 aromatic rings. The SMILES string of the molecule is CN1CCN(C(=O)CCc2ccc(F)c(F)c2)CC1. The molecule has 0 unspecified atom stereocenters. The van der Waals surface area contributed by atoms with E-state index in [1.54, 1.807) is 0 Å². The fourth-order valence-corrected chi connectivity index (χ4v) is 2.16. The van der Waals surface area contributed by atoms with E-state index in [9.17, 15) is 13.6 Å². The highest BCUT2D eigenvalue weighted by Gasteiger charge is 2.18. The molecule has 1 fully saturated rings. The number of carbonyl (C=O) groups excluding carboxylic acids is 1. The van der Waals surface area contributed by atoms with E-state index in [0.29, 0.717) is 18.4 Å². The maximum absolute atomic E-state index is 13.0. The molecule has 0 atom stereocenters. The number of likely N-dealkylation sites (N-methyl/N-ethyl adjacent to an activating group) is 1. The minimum Gasteiger partial charge on any atom is -0.340 e. The van der Waals surface area contributed by atoms with Crippen molar-refractivity contribution in [1.29, 1.82) is 0 Å². The zero-order valence-corrected chi connectivity index (χ0v) is 11.0. The molecule has 0 saturated carbocycles. The van der Waals surface area contributed by atoms with Crippen molar-refractivity contribution in [3.8, 4) is 0 Å². The van der Waals surface area contributed by atoms with Crippen molar-refractivity contribution < 1.29 is 13.6 Å². The zero-order valence-electron chi connectivity index (χ0n) is 11.0. The molecule has 1 amide bonds. The number of amides is 1. The molecule has 1 saturated heterocycles. The molecular weight excluding hydrogens is 250 g/mol. The molecule has 19 heavy (non-hydrogen) atoms. The van der Waals surface area contributed by atoms with Gasteiger partial charge in [0.05, 0.1) is 0 Å². The highest BCUT2D eigenvalue weighted by atomic mass is 19.2. The molecule has 3 nitrogen and oxygen atoms in total. The topological polar surface area (TPSA) is 23.6 Å². The van der Waals surface area contributed by atoms with E-state index in [-0.39, 0.29) is 5.91 Å². The van der Waals surface area contributed by atoms with Gasteiger partial charge in [0.25, 0.3) is 0 Å². The highest BCUT2D eigenvalue weighted by molar-refractivity contribution is 5.76. The Morgan fingerprint density at radius 2 is 1.84 bits per heavy atom. The van der Waals surface area contributed by atoms with E-state index < -0.39 is 11.6 Å². The van der Waals surface area contributed by atoms with Crippen molar-refractivity contribution in [2.45, 2.75) is 12.8 Å². The number of piperazine rings is 1. The summed E-state index contributed by atoms with van der Waals surface area (Å²) < 4.78 is 25.8. The average molecular weight is 268 g/mol. The first-order valence-electron chi connectivity index (χ1n) is 6.46. The molecule has 104 valence electrons. The molecule has 1 aliphatic rings. The lowest BCUT2D eigenvalue weighted by Crippen LogP contribution is -2.47. The highest BCUT2D eigenvalue weighted by Crippen LogP contribution is 2.11. The van der Waals surface area contributed by atoms with Crippen molar-refractivity contribution in [2.24, 2.45) is 0 Å². The van der Waals surface area contributed by atoms with Gasteiger partial charge in [0.2, 0.25) is 5.91 Å². The minimum absolute atomic E-state index is 0.0813. The number of benzene rings is 1. The molecule has 0 spiro atoms. The van der Waals surface area contributed by atoms with E-state index in [4.69, 9.17) is 0 Å². The Hall–Kier alpha value is -1.49. The van der Waals surface area contributed by atoms with Crippen LogP contribution < -0.4 is 0 Å². The van der Waals surface area contributed by atoms with Crippen LogP contribution in [0.1, 0.15) is 12.0 Å². The number of carbonyl (C=O) groups is 1. The van der Waals surface area contributed by atoms with Crippen molar-refractivity contribution in [2.75, 3.05) is 33.2 Å². The van der Waals surface area contributed by atoms with Crippen LogP contribution in [0.2, 0.25) is 0 Å². The third-order valence-corrected chi connectivity index (χ3v) is 3.47. The largest absolute Gasteiger partial charge is 0.340 e. The molecular formula is C14H18F2N2O. The standard InChI is InChI=1S/C14H18F2N2O/c1-17-6-8-18(9-7-17)14(19)5-3-11-2-4-12(15)13(16)10-11/h2,4,10H,3,5-9H2,1H3. The van der Waals surface area contributed by atoms with E-state index >= 15 is 0 Å². The average Bonchev–Trinajstić information content (AvgIpc) is 2.40. The fraction of sp³-hybridized carbons (Fsp3) is 0.500. The molecule has 1 aromatic carbocycles. The number of hydrogen-bond acceptors (Lipinski definition) is 2. The van der Waals surface area contributed by atoms with Gasteiger partial charge >= 0.3 is 0 Å². The van der Waals surface area contributed by atoms with Crippen LogP contribution in [0.5, 0.6) is 0 Å². The molecule has 0 aromatic heterocycles. The van der Waals surface area contributed by atoms with Gasteiger partial charge in [-0.05, 0) is 31.2 Å². The van der Waals surface area contributed by atoms with Crippen LogP contribution in [0.3, 0.4) is 0 Å². The minimum atomic E-state index is -0.857. The van der Waals surface area contributed by atoms with Gasteiger partial charge in [0.15, 0.2) is 11.6 Å². The summed E-state index contributed by atoms with van der Waals surface area (Å²) in [5.74, 6) is -1.63. The summed E-state index contributed by atoms with van der Waals surface area (Å²) in [6.07, 6.45) is 0.789. The van der Waals surface area contributed by atoms with E-state index in [1.807, 2.05) is 11.9 Å². The van der Waals surface area contributed by atoms with Gasteiger partial charge in [-0.15, -0.1) is 0 Å². The number of hydrogen-bond donors (Lipinski definition) is 0. The van der Waals surface area contributed by atoms with Crippen LogP contribution >= 0.6 is 0 Å². The Bertz CT molecular complexity index is 457. The lowest BCUT2D eigenvalue weighted by molar-refractivity contribution is -0.132. The molecule has 0 bridgehead atoms. The molecule has 1 aliphatic heterocycles. The Morgan fingerprint density at radius 3 is 2.47 bits per heavy atom. The number of halogens is 2. The second-order valence-corrected chi connectivity index (χ2v) is 4.93. The summed E-state index contributed by atoms with van der Waals surface area (Å²) in [4.78, 5) is 16.0. The molecule has 2 rings (SSSR count). The normalized spacial score (nSPS) is 16.7. The number of rotatable bonds is 3. The molecule has 1 heterocycles. The van der Waals surface area contributed by atoms with Crippen LogP contribution in [-0.2, 0) is 11.2 Å². The second kappa shape index (κ2) is 6.10. The summed E-state index contributed by atoms with van der Waals surface area (Å²) in [5.41, 5.74) is 0.654. The molecule has 5 heteroatoms. The number of nitrogens with zero attached hydrogens (tertiary/aromatic N) is 2. The van der Waals surface area contributed by atoms with E-state index in [1.165, 1.54) is 6.07 Å². The van der Waals surface area contributed by atoms with Crippen LogP contribution in [-0.4, -0.2) is 48.9 Å². The quantitative estimate of drug-likeness (QED) is 0.832. The van der Waals surface area contributed by atoms with Gasteiger partial charge in [-0.25, -0.2) is 8.78 Å². The maximum atomic E-state index is 13.0. The van der Waals surface area contributed by atoms with Gasteiger partial charge < -0.3 is 9.80 Å². The monoisotopic (exact) mass is 268 g/mol. The van der Waals surface area contributed by atoms with Gasteiger partial charge in [0, 0.05) is 32.6 Å². The van der Waals surface area contributed by atoms with E-state index in [2.05, 4.69) is 4.90 Å². The maximum Gasteiger partial charge on any atom is 0.222 e. The summed E-state index contributed by atoms with van der Waals surface area (Å²) in [6.45, 7) is 3.26. The zero-order chi connectivity index (χ0) is 13.8. The predicted octanol–water partition coefficient (Wildman–Crippen LogP) is 1.67. The molecule has 0 radical (unpaired) electrons. The summed E-state index contributed by atoms with van der Waals surface area (Å²) in [7, 11) is 2.03. The third-order valence-electron chi connectivity index (χ3n) is 3.47. The fourth-order valence-electron chi connectivity index (χ4n) is 2.16. The van der Waals surface area contributed by atoms with Crippen LogP contribution in [0.25, 0.3) is 0 Å². The summed E-state index contributed by atoms with van der Waals surface area (Å²) >= 11 is 0. The van der Waals surface area contributed by atoms with Gasteiger partial charge in [0.1, 0.15) is 0 Å². The second-order valence-electron chi connectivity index (χ2n) is 4.93. The number of aryl methyl sites for hydroxylation is 1. The Labute approximate surface area is 111 Å². The van der Waals surface area contributed by atoms with Gasteiger partial charge in [-0.2, -0.15) is 0 Å². The van der Waals surface area contributed by atoms with Crippen molar-refractivity contribution in [1.82, 2.24) is 9.80 Å². The summed E-state index contributed by atoms with van der Waals surface area (Å²) in [5, 5.41) is 0. The van der Waals surface area contributed by atoms with E-state index in [0.717, 1.165) is 38.3 Å². The van der Waals surface area contributed by atoms with Crippen molar-refractivity contribution in [3.63, 3.8) is 0 Å². The Kier molecular flexibility index (Phi) is 4.47. The summed E-state index contributed by atoms with van der Waals surface area (Å²) in [6, 6.07) is 3.78. The lowest BCUT2D eigenvalue weighted by atomic mass is 10.1. The Morgan fingerprint density at radius 1 is 1.16 bits per heavy atom. The first kappa shape index (κ1) is 13.9. The van der Waals surface area contributed by atoms with Gasteiger partial charge in [-0.3, -0.25) is 4.79 Å². The van der Waals surface area contributed by atoms with Crippen molar-refractivity contribution >= 4 is 5.91 Å². The third kappa shape index (κ3) is 3.73. The molecule has 0 N–H and O–H groups in total. The lowest BCUT2D eigenvalue weighted by Gasteiger charge is -2.32. The van der Waals surface area contributed by atoms with Crippen LogP contribution in [0.4, 0.5) is 8.78 Å². The Balaban J connectivity index is 1.84. The first-order valence-corrected chi connectivity index (χ1v) is 6.46. The van der Waals surface area contributed by atoms with Crippen molar-refractivity contribution in [3.05, 3.63) is 35.4 Å². The predicted molar refractivity (Wildman–Crippen MR) is 68.8 cm³/mol. The first-order chi connectivity index (χ1) is 9.06. The van der Waals surface area contributed by atoms with Crippen LogP contribution in [0, 0.1) is 11.6 Å². The smallest absolute Gasteiger partial charge is 0.222 e. The van der Waals surface area contributed by atoms with Crippen LogP contribution in [0.15, 0.2) is 18.2 Å². The molecule has 0 aliphatic carbocycles. The van der Waals surface area contributed by atoms with Gasteiger partial charge in [-0.1, -0.05) is 6.07 Å².